The van der Waals surface area contributed by atoms with Crippen LogP contribution in [-0.2, 0) is 32.0 Å². The lowest BCUT2D eigenvalue weighted by molar-refractivity contribution is -0.232. The topological polar surface area (TPSA) is 126 Å². The van der Waals surface area contributed by atoms with Gasteiger partial charge in [-0.05, 0) is 25.7 Å². The molecule has 2 radical (unpaired) electrons. The van der Waals surface area contributed by atoms with Gasteiger partial charge in [-0.1, -0.05) is 60.6 Å². The molecule has 0 aromatic heterocycles. The van der Waals surface area contributed by atoms with Crippen LogP contribution in [0.3, 0.4) is 0 Å². The second kappa shape index (κ2) is 17.4. The van der Waals surface area contributed by atoms with Crippen molar-refractivity contribution in [2.45, 2.75) is 82.9 Å². The first-order chi connectivity index (χ1) is 15.7. The smallest absolute Gasteiger partial charge is 0.267 e. The summed E-state index contributed by atoms with van der Waals surface area (Å²) in [7, 11) is 1.26. The maximum atomic E-state index is 11.9. The Hall–Kier alpha value is 0.945. The molecule has 1 rings (SSSR count). The van der Waals surface area contributed by atoms with Crippen molar-refractivity contribution in [1.82, 2.24) is 0 Å². The van der Waals surface area contributed by atoms with E-state index in [1.165, 1.54) is 12.8 Å². The van der Waals surface area contributed by atoms with Gasteiger partial charge < -0.3 is 32.6 Å². The molecule has 5 atom stereocenters. The van der Waals surface area contributed by atoms with Crippen LogP contribution in [0.5, 0.6) is 0 Å². The Labute approximate surface area is 202 Å². The second-order valence-electron chi connectivity index (χ2n) is 7.27. The molecule has 188 valence electrons. The van der Waals surface area contributed by atoms with Gasteiger partial charge in [-0.25, -0.2) is 0 Å². The zero-order valence-electron chi connectivity index (χ0n) is 19.6. The fourth-order valence-corrected chi connectivity index (χ4v) is 6.53. The molecule has 0 spiro atoms. The van der Waals surface area contributed by atoms with Crippen molar-refractivity contribution in [3.63, 3.8) is 0 Å². The first-order valence-corrected chi connectivity index (χ1v) is 16.2. The maximum absolute atomic E-state index is 11.9. The Morgan fingerprint density at radius 3 is 2.34 bits per heavy atom. The Kier molecular flexibility index (Phi) is 15.9. The number of phosphoric acid groups is 2. The molecule has 1 saturated heterocycles. The Morgan fingerprint density at radius 2 is 1.69 bits per heavy atom. The fourth-order valence-electron chi connectivity index (χ4n) is 2.84. The van der Waals surface area contributed by atoms with Crippen LogP contribution < -0.4 is 9.79 Å². The highest BCUT2D eigenvalue weighted by molar-refractivity contribution is 8.76. The molecule has 0 N–H and O–H groups in total. The lowest BCUT2D eigenvalue weighted by atomic mass is 9.96. The van der Waals surface area contributed by atoms with Crippen LogP contribution in [0.2, 0.25) is 0 Å². The van der Waals surface area contributed by atoms with Crippen LogP contribution in [0, 0.1) is 0 Å². The van der Waals surface area contributed by atoms with Crippen LogP contribution in [0.15, 0.2) is 0 Å². The minimum absolute atomic E-state index is 0.0192. The van der Waals surface area contributed by atoms with Gasteiger partial charge in [0.15, 0.2) is 0 Å². The summed E-state index contributed by atoms with van der Waals surface area (Å²) in [6.07, 6.45) is 6.10. The summed E-state index contributed by atoms with van der Waals surface area (Å²) in [6.45, 7) is 0.0734. The molecule has 2 unspecified atom stereocenters. The van der Waals surface area contributed by atoms with Gasteiger partial charge in [0, 0.05) is 26.0 Å². The average molecular weight is 533 g/mol. The number of hydrogen-bond donors (Lipinski definition) is 0. The minimum atomic E-state index is -4.56. The summed E-state index contributed by atoms with van der Waals surface area (Å²) in [5.41, 5.74) is 0. The van der Waals surface area contributed by atoms with Crippen LogP contribution in [0.1, 0.15) is 66.1 Å². The molecule has 14 heteroatoms. The molecule has 1 fully saturated rings. The molecule has 32 heavy (non-hydrogen) atoms. The summed E-state index contributed by atoms with van der Waals surface area (Å²) >= 11 is 0. The van der Waals surface area contributed by atoms with Gasteiger partial charge in [0.25, 0.3) is 15.6 Å². The summed E-state index contributed by atoms with van der Waals surface area (Å²) in [6, 6.07) is -0.803. The molecule has 1 heterocycles. The number of hydrogen-bond acceptors (Lipinski definition) is 11. The molecule has 0 aromatic carbocycles. The molecule has 0 aliphatic carbocycles. The van der Waals surface area contributed by atoms with Crippen molar-refractivity contribution in [2.24, 2.45) is 0 Å². The Balaban J connectivity index is 2.07. The normalized spacial score (nSPS) is 25.3. The van der Waals surface area contributed by atoms with Crippen molar-refractivity contribution >= 4 is 45.1 Å². The van der Waals surface area contributed by atoms with Gasteiger partial charge in [-0.3, -0.25) is 9.13 Å². The van der Waals surface area contributed by atoms with E-state index >= 15 is 0 Å². The number of rotatable bonds is 20. The first kappa shape index (κ1) is 29.2. The van der Waals surface area contributed by atoms with E-state index < -0.39 is 40.5 Å². The molecular formula is C18H35BO9P2S2-2. The second-order valence-corrected chi connectivity index (χ2v) is 12.9. The lowest BCUT2D eigenvalue weighted by Gasteiger charge is -2.29. The number of unbranched alkanes of at least 4 members (excludes halogenated alkanes) is 6. The highest BCUT2D eigenvalue weighted by atomic mass is 33.1. The van der Waals surface area contributed by atoms with Crippen molar-refractivity contribution in [2.75, 3.05) is 31.8 Å². The van der Waals surface area contributed by atoms with Crippen LogP contribution in [-0.4, -0.2) is 57.9 Å². The first-order valence-electron chi connectivity index (χ1n) is 11.5. The summed E-state index contributed by atoms with van der Waals surface area (Å²) in [5.74, 6) is 2.20. The fraction of sp³-hybridized carbons (Fsp3) is 1.00. The number of ether oxygens (including phenoxy) is 1. The largest absolute Gasteiger partial charge is 0.756 e. The third kappa shape index (κ3) is 15.0. The van der Waals surface area contributed by atoms with Gasteiger partial charge in [0.1, 0.15) is 14.0 Å². The zero-order chi connectivity index (χ0) is 24.6. The van der Waals surface area contributed by atoms with E-state index in [2.05, 4.69) is 4.52 Å². The third-order valence-electron chi connectivity index (χ3n) is 4.55. The molecule has 1 aliphatic rings. The van der Waals surface area contributed by atoms with E-state index in [-0.39, 0.29) is 13.0 Å². The van der Waals surface area contributed by atoms with Crippen LogP contribution >= 0.6 is 37.2 Å². The van der Waals surface area contributed by atoms with Gasteiger partial charge >= 0.3 is 0 Å². The lowest BCUT2D eigenvalue weighted by Crippen LogP contribution is -2.30. The summed E-state index contributed by atoms with van der Waals surface area (Å²) in [4.78, 5) is 23.4. The molecule has 9 nitrogen and oxygen atoms in total. The quantitative estimate of drug-likeness (QED) is 0.0982. The van der Waals surface area contributed by atoms with E-state index in [1.807, 2.05) is 21.6 Å². The van der Waals surface area contributed by atoms with Crippen molar-refractivity contribution in [1.29, 1.82) is 0 Å². The molecule has 0 bridgehead atoms. The van der Waals surface area contributed by atoms with Crippen molar-refractivity contribution in [3.05, 3.63) is 0 Å². The zero-order valence-corrected chi connectivity index (χ0v) is 22.0. The van der Waals surface area contributed by atoms with E-state index in [0.29, 0.717) is 13.3 Å². The van der Waals surface area contributed by atoms with Crippen LogP contribution in [0.4, 0.5) is 0 Å². The third-order valence-corrected chi connectivity index (χ3v) is 9.06. The van der Waals surface area contributed by atoms with E-state index in [4.69, 9.17) is 27.5 Å². The van der Waals surface area contributed by atoms with E-state index in [9.17, 15) is 18.9 Å². The van der Waals surface area contributed by atoms with Crippen molar-refractivity contribution in [3.8, 4) is 0 Å². The van der Waals surface area contributed by atoms with E-state index in [1.54, 1.807) is 0 Å². The SMILES string of the molecule is [2H]CCCCCCSSCCCCCCOP(=O)([O-])OC[C@H]1O[C@@H]([B])C[C@H]1OP(=O)([O-])OC. The average Bonchev–Trinajstić information content (AvgIpc) is 3.10. The van der Waals surface area contributed by atoms with Gasteiger partial charge in [0.05, 0.1) is 19.3 Å². The summed E-state index contributed by atoms with van der Waals surface area (Å²) in [5, 5.41) is 0. The van der Waals surface area contributed by atoms with E-state index in [0.717, 1.165) is 50.7 Å². The monoisotopic (exact) mass is 533 g/mol. The molecule has 1 aliphatic heterocycles. The van der Waals surface area contributed by atoms with Gasteiger partial charge in [-0.15, -0.1) is 0 Å². The van der Waals surface area contributed by atoms with Gasteiger partial charge in [-0.2, -0.15) is 0 Å². The van der Waals surface area contributed by atoms with Gasteiger partial charge in [0.2, 0.25) is 0 Å². The van der Waals surface area contributed by atoms with Crippen molar-refractivity contribution < 1.29 is 43.1 Å². The Bertz CT molecular complexity index is 611. The standard InChI is InChI=1S/C18H37BO9P2S2/c1-3-4-5-9-12-31-32-13-10-7-6-8-11-25-30(22,23)26-15-17-16(14-18(19)27-17)28-29(20,21)24-2/h16-18H,3-15H2,1-2H3,(H,20,21)(H,22,23)/p-2/t16-,17-,18-/m1/s1/i1D. The molecule has 0 saturated carbocycles. The highest BCUT2D eigenvalue weighted by Crippen LogP contribution is 2.44. The molecule has 0 aromatic rings. The predicted octanol–water partition coefficient (Wildman–Crippen LogP) is 3.79. The Morgan fingerprint density at radius 1 is 1.03 bits per heavy atom. The number of phosphoric ester groups is 2. The summed E-state index contributed by atoms with van der Waals surface area (Å²) < 4.78 is 54.5. The highest BCUT2D eigenvalue weighted by Gasteiger charge is 2.36. The maximum Gasteiger partial charge on any atom is 0.267 e. The minimum Gasteiger partial charge on any atom is -0.756 e. The predicted molar refractivity (Wildman–Crippen MR) is 126 cm³/mol. The molecule has 0 amide bonds. The van der Waals surface area contributed by atoms with Crippen LogP contribution in [0.25, 0.3) is 0 Å². The molecular weight excluding hydrogens is 497 g/mol.